The number of benzene rings is 1. The maximum atomic E-state index is 12.6. The van der Waals surface area contributed by atoms with Crippen LogP contribution in [0.25, 0.3) is 0 Å². The van der Waals surface area contributed by atoms with Crippen molar-refractivity contribution < 1.29 is 14.3 Å². The van der Waals surface area contributed by atoms with E-state index >= 15 is 0 Å². The third kappa shape index (κ3) is 3.72. The lowest BCUT2D eigenvalue weighted by Crippen LogP contribution is -2.49. The average Bonchev–Trinajstić information content (AvgIpc) is 2.77. The first kappa shape index (κ1) is 17.2. The molecule has 6 heteroatoms. The molecule has 0 aromatic heterocycles. The van der Waals surface area contributed by atoms with E-state index in [1.165, 1.54) is 6.42 Å². The van der Waals surface area contributed by atoms with E-state index < -0.39 is 0 Å². The number of piperidine rings is 1. The topological polar surface area (TPSA) is 50.8 Å². The fourth-order valence-electron chi connectivity index (χ4n) is 3.49. The summed E-state index contributed by atoms with van der Waals surface area (Å²) in [7, 11) is 0. The van der Waals surface area contributed by atoms with Crippen LogP contribution in [0.15, 0.2) is 12.1 Å². The van der Waals surface area contributed by atoms with E-state index in [-0.39, 0.29) is 12.5 Å². The van der Waals surface area contributed by atoms with Crippen molar-refractivity contribution >= 4 is 23.2 Å². The maximum absolute atomic E-state index is 12.6. The number of likely N-dealkylation sites (tertiary alicyclic amines) is 1. The second-order valence-corrected chi connectivity index (χ2v) is 7.02. The number of halogens is 1. The quantitative estimate of drug-likeness (QED) is 0.901. The Labute approximate surface area is 148 Å². The van der Waals surface area contributed by atoms with Gasteiger partial charge in [0, 0.05) is 30.6 Å². The summed E-state index contributed by atoms with van der Waals surface area (Å²) in [6.07, 6.45) is 4.17. The molecule has 1 aromatic rings. The zero-order valence-electron chi connectivity index (χ0n) is 14.3. The van der Waals surface area contributed by atoms with Crippen molar-refractivity contribution in [1.82, 2.24) is 4.90 Å². The van der Waals surface area contributed by atoms with Crippen LogP contribution in [0.3, 0.4) is 0 Å². The zero-order chi connectivity index (χ0) is 17.1. The van der Waals surface area contributed by atoms with E-state index in [0.29, 0.717) is 47.5 Å². The Morgan fingerprint density at radius 2 is 1.79 bits per heavy atom. The molecule has 0 saturated carbocycles. The van der Waals surface area contributed by atoms with Gasteiger partial charge in [0.15, 0.2) is 11.5 Å². The van der Waals surface area contributed by atoms with Gasteiger partial charge >= 0.3 is 0 Å². The minimum atomic E-state index is 0.109. The molecule has 5 nitrogen and oxygen atoms in total. The summed E-state index contributed by atoms with van der Waals surface area (Å²) in [5.74, 6) is 1.44. The molecule has 2 atom stereocenters. The first-order valence-corrected chi connectivity index (χ1v) is 9.08. The molecule has 1 fully saturated rings. The number of nitrogens with zero attached hydrogens (tertiary/aromatic N) is 1. The summed E-state index contributed by atoms with van der Waals surface area (Å²) in [5, 5.41) is 3.70. The molecular formula is C18H25ClN2O3. The largest absolute Gasteiger partial charge is 0.490 e. The number of carbonyl (C=O) groups is 1. The third-order valence-electron chi connectivity index (χ3n) is 4.75. The van der Waals surface area contributed by atoms with Crippen LogP contribution >= 0.6 is 11.6 Å². The number of amides is 1. The third-order valence-corrected chi connectivity index (χ3v) is 5.06. The smallest absolute Gasteiger partial charge is 0.242 e. The summed E-state index contributed by atoms with van der Waals surface area (Å²) in [6.45, 7) is 5.71. The van der Waals surface area contributed by atoms with Crippen LogP contribution in [-0.4, -0.2) is 42.6 Å². The standard InChI is InChI=1S/C18H25ClN2O3/c1-12-5-3-6-13(2)21(12)18(22)11-20-15-10-17-16(9-14(15)19)23-7-4-8-24-17/h9-10,12-13,20H,3-8,11H2,1-2H3. The molecule has 1 N–H and O–H groups in total. The van der Waals surface area contributed by atoms with E-state index in [1.807, 2.05) is 11.0 Å². The van der Waals surface area contributed by atoms with Crippen molar-refractivity contribution in [2.45, 2.75) is 51.6 Å². The van der Waals surface area contributed by atoms with Gasteiger partial charge < -0.3 is 19.7 Å². The van der Waals surface area contributed by atoms with Gasteiger partial charge in [0.2, 0.25) is 5.91 Å². The Morgan fingerprint density at radius 3 is 2.46 bits per heavy atom. The van der Waals surface area contributed by atoms with Crippen molar-refractivity contribution in [1.29, 1.82) is 0 Å². The fraction of sp³-hybridized carbons (Fsp3) is 0.611. The number of anilines is 1. The molecule has 24 heavy (non-hydrogen) atoms. The van der Waals surface area contributed by atoms with Crippen molar-refractivity contribution in [3.63, 3.8) is 0 Å². The van der Waals surface area contributed by atoms with Crippen LogP contribution in [-0.2, 0) is 4.79 Å². The van der Waals surface area contributed by atoms with Crippen molar-refractivity contribution in [2.24, 2.45) is 0 Å². The second kappa shape index (κ2) is 7.51. The van der Waals surface area contributed by atoms with Gasteiger partial charge in [-0.05, 0) is 33.1 Å². The Balaban J connectivity index is 1.68. The van der Waals surface area contributed by atoms with Crippen LogP contribution in [0.4, 0.5) is 5.69 Å². The van der Waals surface area contributed by atoms with Gasteiger partial charge in [-0.2, -0.15) is 0 Å². The zero-order valence-corrected chi connectivity index (χ0v) is 15.1. The van der Waals surface area contributed by atoms with Gasteiger partial charge in [-0.3, -0.25) is 4.79 Å². The van der Waals surface area contributed by atoms with Gasteiger partial charge in [0.05, 0.1) is 30.5 Å². The van der Waals surface area contributed by atoms with Gasteiger partial charge in [0.25, 0.3) is 0 Å². The van der Waals surface area contributed by atoms with Crippen molar-refractivity contribution in [2.75, 3.05) is 25.1 Å². The van der Waals surface area contributed by atoms with Crippen LogP contribution in [0, 0.1) is 0 Å². The monoisotopic (exact) mass is 352 g/mol. The molecular weight excluding hydrogens is 328 g/mol. The molecule has 0 aliphatic carbocycles. The lowest BCUT2D eigenvalue weighted by molar-refractivity contribution is -0.135. The molecule has 132 valence electrons. The highest BCUT2D eigenvalue weighted by Crippen LogP contribution is 2.37. The molecule has 1 amide bonds. The Morgan fingerprint density at radius 1 is 1.17 bits per heavy atom. The summed E-state index contributed by atoms with van der Waals surface area (Å²) < 4.78 is 11.3. The molecule has 2 aliphatic rings. The highest BCUT2D eigenvalue weighted by atomic mass is 35.5. The molecule has 0 spiro atoms. The molecule has 1 saturated heterocycles. The first-order valence-electron chi connectivity index (χ1n) is 8.70. The number of hydrogen-bond donors (Lipinski definition) is 1. The number of fused-ring (bicyclic) bond motifs is 1. The molecule has 0 bridgehead atoms. The van der Waals surface area contributed by atoms with Gasteiger partial charge in [-0.15, -0.1) is 0 Å². The summed E-state index contributed by atoms with van der Waals surface area (Å²) in [6, 6.07) is 4.16. The molecule has 0 radical (unpaired) electrons. The minimum absolute atomic E-state index is 0.109. The van der Waals surface area contributed by atoms with Crippen LogP contribution in [0.2, 0.25) is 5.02 Å². The van der Waals surface area contributed by atoms with Gasteiger partial charge in [-0.25, -0.2) is 0 Å². The summed E-state index contributed by atoms with van der Waals surface area (Å²) >= 11 is 6.32. The molecule has 2 unspecified atom stereocenters. The van der Waals surface area contributed by atoms with Crippen LogP contribution in [0.5, 0.6) is 11.5 Å². The lowest BCUT2D eigenvalue weighted by Gasteiger charge is -2.39. The first-order chi connectivity index (χ1) is 11.6. The van der Waals surface area contributed by atoms with E-state index in [1.54, 1.807) is 6.07 Å². The van der Waals surface area contributed by atoms with Crippen molar-refractivity contribution in [3.05, 3.63) is 17.2 Å². The maximum Gasteiger partial charge on any atom is 0.242 e. The minimum Gasteiger partial charge on any atom is -0.490 e. The number of carbonyl (C=O) groups excluding carboxylic acids is 1. The van der Waals surface area contributed by atoms with Crippen molar-refractivity contribution in [3.8, 4) is 11.5 Å². The Bertz CT molecular complexity index is 598. The Hall–Kier alpha value is -1.62. The van der Waals surface area contributed by atoms with Gasteiger partial charge in [-0.1, -0.05) is 11.6 Å². The van der Waals surface area contributed by atoms with Crippen LogP contribution < -0.4 is 14.8 Å². The summed E-state index contributed by atoms with van der Waals surface area (Å²) in [4.78, 5) is 14.6. The predicted octanol–water partition coefficient (Wildman–Crippen LogP) is 3.70. The lowest BCUT2D eigenvalue weighted by atomic mass is 9.97. The normalized spacial score (nSPS) is 23.5. The molecule has 1 aromatic carbocycles. The SMILES string of the molecule is CC1CCCC(C)N1C(=O)CNc1cc2c(cc1Cl)OCCCO2. The number of nitrogens with one attached hydrogen (secondary N) is 1. The van der Waals surface area contributed by atoms with E-state index in [9.17, 15) is 4.79 Å². The highest BCUT2D eigenvalue weighted by Gasteiger charge is 2.28. The van der Waals surface area contributed by atoms with Gasteiger partial charge in [0.1, 0.15) is 0 Å². The summed E-state index contributed by atoms with van der Waals surface area (Å²) in [5.41, 5.74) is 0.701. The number of hydrogen-bond acceptors (Lipinski definition) is 4. The van der Waals surface area contributed by atoms with E-state index in [4.69, 9.17) is 21.1 Å². The predicted molar refractivity (Wildman–Crippen MR) is 95.2 cm³/mol. The van der Waals surface area contributed by atoms with E-state index in [0.717, 1.165) is 19.3 Å². The second-order valence-electron chi connectivity index (χ2n) is 6.61. The van der Waals surface area contributed by atoms with E-state index in [2.05, 4.69) is 19.2 Å². The molecule has 2 heterocycles. The highest BCUT2D eigenvalue weighted by molar-refractivity contribution is 6.33. The van der Waals surface area contributed by atoms with Crippen LogP contribution in [0.1, 0.15) is 39.5 Å². The average molecular weight is 353 g/mol. The number of rotatable bonds is 3. The molecule has 2 aliphatic heterocycles. The number of ether oxygens (including phenoxy) is 2. The fourth-order valence-corrected chi connectivity index (χ4v) is 3.71. The molecule has 3 rings (SSSR count). The Kier molecular flexibility index (Phi) is 5.39.